The van der Waals surface area contributed by atoms with E-state index in [1.807, 2.05) is 71.4 Å². The molecule has 4 rings (SSSR count). The van der Waals surface area contributed by atoms with Crippen LogP contribution in [0.25, 0.3) is 17.0 Å². The average molecular weight is 385 g/mol. The number of carbonyl (C=O) groups excluding carboxylic acids is 1. The predicted octanol–water partition coefficient (Wildman–Crippen LogP) is 5.34. The van der Waals surface area contributed by atoms with E-state index in [9.17, 15) is 4.79 Å². The SMILES string of the molecule is CC(C)(C)c1ccc(NC(=O)Nc2ccc(-c3cn4cccnc4n3)cc2)cc1. The van der Waals surface area contributed by atoms with Gasteiger partial charge >= 0.3 is 6.03 Å². The standard InChI is InChI=1S/C23H23N5O/c1-23(2,3)17-7-11-19(12-8-17)26-22(29)25-18-9-5-16(6-10-18)20-15-28-14-4-13-24-21(28)27-20/h4-15H,1-3H3,(H2,25,26,29). The summed E-state index contributed by atoms with van der Waals surface area (Å²) < 4.78 is 1.87. The first kappa shape index (κ1) is 18.7. The van der Waals surface area contributed by atoms with Crippen molar-refractivity contribution in [2.75, 3.05) is 10.6 Å². The lowest BCUT2D eigenvalue weighted by Gasteiger charge is -2.19. The van der Waals surface area contributed by atoms with Crippen LogP contribution in [0.4, 0.5) is 16.2 Å². The molecule has 4 aromatic rings. The van der Waals surface area contributed by atoms with Gasteiger partial charge in [0.25, 0.3) is 0 Å². The van der Waals surface area contributed by atoms with Gasteiger partial charge in [0.15, 0.2) is 0 Å². The minimum atomic E-state index is -0.279. The minimum absolute atomic E-state index is 0.0829. The summed E-state index contributed by atoms with van der Waals surface area (Å²) in [5.74, 6) is 0.654. The van der Waals surface area contributed by atoms with Crippen LogP contribution in [0.5, 0.6) is 0 Å². The molecule has 6 heteroatoms. The zero-order chi connectivity index (χ0) is 20.4. The predicted molar refractivity (Wildman–Crippen MR) is 116 cm³/mol. The van der Waals surface area contributed by atoms with Gasteiger partial charge in [0.2, 0.25) is 5.78 Å². The second-order valence-electron chi connectivity index (χ2n) is 7.94. The molecule has 0 aliphatic rings. The molecule has 0 spiro atoms. The number of aromatic nitrogens is 3. The molecule has 0 radical (unpaired) electrons. The third kappa shape index (κ3) is 4.27. The fourth-order valence-electron chi connectivity index (χ4n) is 3.04. The highest BCUT2D eigenvalue weighted by Gasteiger charge is 2.13. The van der Waals surface area contributed by atoms with Crippen molar-refractivity contribution in [2.24, 2.45) is 0 Å². The number of urea groups is 1. The minimum Gasteiger partial charge on any atom is -0.308 e. The number of hydrogen-bond donors (Lipinski definition) is 2. The van der Waals surface area contributed by atoms with E-state index in [0.29, 0.717) is 11.5 Å². The van der Waals surface area contributed by atoms with Crippen molar-refractivity contribution in [1.29, 1.82) is 0 Å². The third-order valence-corrected chi connectivity index (χ3v) is 4.68. The van der Waals surface area contributed by atoms with E-state index in [1.54, 1.807) is 6.20 Å². The van der Waals surface area contributed by atoms with Crippen molar-refractivity contribution in [2.45, 2.75) is 26.2 Å². The van der Waals surface area contributed by atoms with Crippen LogP contribution in [-0.4, -0.2) is 20.4 Å². The van der Waals surface area contributed by atoms with Gasteiger partial charge in [0.1, 0.15) is 0 Å². The van der Waals surface area contributed by atoms with Crippen LogP contribution >= 0.6 is 0 Å². The molecule has 2 aromatic carbocycles. The van der Waals surface area contributed by atoms with E-state index >= 15 is 0 Å². The van der Waals surface area contributed by atoms with Crippen molar-refractivity contribution in [1.82, 2.24) is 14.4 Å². The summed E-state index contributed by atoms with van der Waals surface area (Å²) >= 11 is 0. The summed E-state index contributed by atoms with van der Waals surface area (Å²) in [7, 11) is 0. The number of anilines is 2. The molecule has 0 bridgehead atoms. The largest absolute Gasteiger partial charge is 0.323 e. The fourth-order valence-corrected chi connectivity index (χ4v) is 3.04. The second kappa shape index (κ2) is 7.39. The monoisotopic (exact) mass is 385 g/mol. The van der Waals surface area contributed by atoms with E-state index in [-0.39, 0.29) is 11.4 Å². The Morgan fingerprint density at radius 1 is 0.931 bits per heavy atom. The quantitative estimate of drug-likeness (QED) is 0.500. The molecule has 0 aliphatic carbocycles. The molecule has 2 aromatic heterocycles. The molecule has 2 N–H and O–H groups in total. The van der Waals surface area contributed by atoms with Gasteiger partial charge < -0.3 is 10.6 Å². The van der Waals surface area contributed by atoms with Crippen LogP contribution < -0.4 is 10.6 Å². The van der Waals surface area contributed by atoms with Gasteiger partial charge in [-0.1, -0.05) is 45.0 Å². The molecule has 29 heavy (non-hydrogen) atoms. The average Bonchev–Trinajstić information content (AvgIpc) is 3.12. The highest BCUT2D eigenvalue weighted by atomic mass is 16.2. The number of amides is 2. The zero-order valence-electron chi connectivity index (χ0n) is 16.7. The molecular formula is C23H23N5O. The first-order chi connectivity index (χ1) is 13.9. The van der Waals surface area contributed by atoms with E-state index in [0.717, 1.165) is 16.9 Å². The molecule has 0 saturated heterocycles. The Morgan fingerprint density at radius 2 is 1.55 bits per heavy atom. The first-order valence-corrected chi connectivity index (χ1v) is 9.47. The van der Waals surface area contributed by atoms with Crippen molar-refractivity contribution in [3.05, 3.63) is 78.8 Å². The number of hydrogen-bond acceptors (Lipinski definition) is 3. The molecule has 6 nitrogen and oxygen atoms in total. The number of rotatable bonds is 3. The number of carbonyl (C=O) groups is 1. The highest BCUT2D eigenvalue weighted by molar-refractivity contribution is 5.99. The number of nitrogens with one attached hydrogen (secondary N) is 2. The van der Waals surface area contributed by atoms with Crippen molar-refractivity contribution in [3.8, 4) is 11.3 Å². The van der Waals surface area contributed by atoms with E-state index in [1.165, 1.54) is 5.56 Å². The van der Waals surface area contributed by atoms with E-state index in [2.05, 4.69) is 41.4 Å². The summed E-state index contributed by atoms with van der Waals surface area (Å²) in [5.41, 5.74) is 4.56. The van der Waals surface area contributed by atoms with Crippen LogP contribution in [-0.2, 0) is 5.41 Å². The molecule has 2 amide bonds. The topological polar surface area (TPSA) is 71.3 Å². The zero-order valence-corrected chi connectivity index (χ0v) is 16.7. The van der Waals surface area contributed by atoms with Gasteiger partial charge in [0, 0.05) is 35.5 Å². The van der Waals surface area contributed by atoms with Crippen LogP contribution in [0, 0.1) is 0 Å². The number of fused-ring (bicyclic) bond motifs is 1. The Morgan fingerprint density at radius 3 is 2.14 bits per heavy atom. The van der Waals surface area contributed by atoms with Crippen molar-refractivity contribution in [3.63, 3.8) is 0 Å². The third-order valence-electron chi connectivity index (χ3n) is 4.68. The maximum atomic E-state index is 12.3. The maximum absolute atomic E-state index is 12.3. The maximum Gasteiger partial charge on any atom is 0.323 e. The Hall–Kier alpha value is -3.67. The van der Waals surface area contributed by atoms with Gasteiger partial charge in [-0.2, -0.15) is 0 Å². The van der Waals surface area contributed by atoms with E-state index < -0.39 is 0 Å². The smallest absolute Gasteiger partial charge is 0.308 e. The molecule has 0 saturated carbocycles. The lowest BCUT2D eigenvalue weighted by Crippen LogP contribution is -2.19. The fraction of sp³-hybridized carbons (Fsp3) is 0.174. The van der Waals surface area contributed by atoms with Gasteiger partial charge in [-0.05, 0) is 41.3 Å². The van der Waals surface area contributed by atoms with Crippen LogP contribution in [0.15, 0.2) is 73.2 Å². The van der Waals surface area contributed by atoms with Gasteiger partial charge in [0.05, 0.1) is 5.69 Å². The first-order valence-electron chi connectivity index (χ1n) is 9.47. The van der Waals surface area contributed by atoms with Crippen molar-refractivity contribution < 1.29 is 4.79 Å². The van der Waals surface area contributed by atoms with E-state index in [4.69, 9.17) is 0 Å². The summed E-state index contributed by atoms with van der Waals surface area (Å²) in [6.07, 6.45) is 5.56. The van der Waals surface area contributed by atoms with Crippen LogP contribution in [0.2, 0.25) is 0 Å². The van der Waals surface area contributed by atoms with Gasteiger partial charge in [-0.3, -0.25) is 4.40 Å². The highest BCUT2D eigenvalue weighted by Crippen LogP contribution is 2.24. The van der Waals surface area contributed by atoms with Crippen molar-refractivity contribution >= 4 is 23.2 Å². The molecule has 0 atom stereocenters. The Bertz CT molecular complexity index is 1110. The lowest BCUT2D eigenvalue weighted by atomic mass is 9.87. The summed E-state index contributed by atoms with van der Waals surface area (Å²) in [4.78, 5) is 21.0. The summed E-state index contributed by atoms with van der Waals surface area (Å²) in [5, 5.41) is 5.71. The molecule has 0 aliphatic heterocycles. The summed E-state index contributed by atoms with van der Waals surface area (Å²) in [6.45, 7) is 6.48. The van der Waals surface area contributed by atoms with Gasteiger partial charge in [-0.25, -0.2) is 14.8 Å². The Kier molecular flexibility index (Phi) is 4.76. The number of imidazole rings is 1. The van der Waals surface area contributed by atoms with Crippen LogP contribution in [0.1, 0.15) is 26.3 Å². The molecular weight excluding hydrogens is 362 g/mol. The lowest BCUT2D eigenvalue weighted by molar-refractivity contribution is 0.262. The van der Waals surface area contributed by atoms with Gasteiger partial charge in [-0.15, -0.1) is 0 Å². The summed E-state index contributed by atoms with van der Waals surface area (Å²) in [6, 6.07) is 17.1. The molecule has 146 valence electrons. The number of benzene rings is 2. The number of nitrogens with zero attached hydrogens (tertiary/aromatic N) is 3. The molecule has 0 fully saturated rings. The second-order valence-corrected chi connectivity index (χ2v) is 7.94. The molecule has 2 heterocycles. The Labute approximate surface area is 169 Å². The molecule has 0 unspecified atom stereocenters. The Balaban J connectivity index is 1.41. The normalized spacial score (nSPS) is 11.4. The van der Waals surface area contributed by atoms with Crippen LogP contribution in [0.3, 0.4) is 0 Å².